The van der Waals surface area contributed by atoms with Crippen molar-refractivity contribution in [3.8, 4) is 22.6 Å². The number of hydrogen-bond donors (Lipinski definition) is 1. The number of amides is 2. The van der Waals surface area contributed by atoms with Gasteiger partial charge in [-0.2, -0.15) is 0 Å². The molecule has 0 fully saturated rings. The Labute approximate surface area is 257 Å². The van der Waals surface area contributed by atoms with Gasteiger partial charge in [-0.1, -0.05) is 48.5 Å². The third-order valence-electron chi connectivity index (χ3n) is 7.30. The van der Waals surface area contributed by atoms with Crippen LogP contribution in [0.5, 0.6) is 11.5 Å². The average Bonchev–Trinajstić information content (AvgIpc) is 3.03. The van der Waals surface area contributed by atoms with Gasteiger partial charge in [-0.15, -0.1) is 0 Å². The van der Waals surface area contributed by atoms with Gasteiger partial charge >= 0.3 is 5.97 Å². The van der Waals surface area contributed by atoms with Crippen molar-refractivity contribution in [1.29, 1.82) is 0 Å². The molecule has 4 rings (SSSR count). The van der Waals surface area contributed by atoms with Crippen LogP contribution in [0, 0.1) is 6.92 Å². The topological polar surface area (TPSA) is 109 Å². The molecule has 0 saturated carbocycles. The summed E-state index contributed by atoms with van der Waals surface area (Å²) < 4.78 is 10.7. The van der Waals surface area contributed by atoms with Gasteiger partial charge in [0.25, 0.3) is 11.8 Å². The maximum Gasteiger partial charge on any atom is 0.305 e. The number of carbonyl (C=O) groups is 3. The van der Waals surface area contributed by atoms with Crippen molar-refractivity contribution in [1.82, 2.24) is 14.8 Å². The van der Waals surface area contributed by atoms with E-state index < -0.39 is 5.97 Å². The predicted molar refractivity (Wildman–Crippen MR) is 168 cm³/mol. The van der Waals surface area contributed by atoms with Crippen molar-refractivity contribution >= 4 is 17.8 Å². The van der Waals surface area contributed by atoms with E-state index in [0.717, 1.165) is 17.0 Å². The molecule has 1 heterocycles. The van der Waals surface area contributed by atoms with Gasteiger partial charge < -0.3 is 24.4 Å². The fourth-order valence-corrected chi connectivity index (χ4v) is 5.03. The van der Waals surface area contributed by atoms with Crippen LogP contribution in [0.4, 0.5) is 0 Å². The van der Waals surface area contributed by atoms with E-state index in [1.807, 2.05) is 61.5 Å². The maximum absolute atomic E-state index is 14.1. The Hall–Kier alpha value is -5.18. The van der Waals surface area contributed by atoms with Crippen LogP contribution in [0.3, 0.4) is 0 Å². The molecule has 0 atom stereocenters. The number of carboxylic acid groups (broad SMARTS) is 1. The van der Waals surface area contributed by atoms with E-state index in [0.29, 0.717) is 46.7 Å². The minimum Gasteiger partial charge on any atom is -0.493 e. The zero-order valence-corrected chi connectivity index (χ0v) is 25.4. The van der Waals surface area contributed by atoms with Crippen molar-refractivity contribution in [3.05, 3.63) is 113 Å². The lowest BCUT2D eigenvalue weighted by atomic mass is 9.94. The molecular weight excluding hydrogens is 558 g/mol. The molecule has 4 aromatic rings. The number of rotatable bonds is 13. The highest BCUT2D eigenvalue weighted by atomic mass is 16.5. The van der Waals surface area contributed by atoms with Gasteiger partial charge in [-0.3, -0.25) is 19.4 Å². The van der Waals surface area contributed by atoms with Crippen LogP contribution < -0.4 is 9.47 Å². The molecule has 1 N–H and O–H groups in total. The number of ether oxygens (including phenoxy) is 2. The largest absolute Gasteiger partial charge is 0.493 e. The number of pyridine rings is 1. The highest BCUT2D eigenvalue weighted by Gasteiger charge is 2.24. The first-order chi connectivity index (χ1) is 21.2. The van der Waals surface area contributed by atoms with E-state index in [9.17, 15) is 19.5 Å². The molecule has 0 radical (unpaired) electrons. The summed E-state index contributed by atoms with van der Waals surface area (Å²) in [4.78, 5) is 46.9. The highest BCUT2D eigenvalue weighted by molar-refractivity contribution is 6.06. The first-order valence-corrected chi connectivity index (χ1v) is 14.3. The molecular formula is C35H37N3O6. The van der Waals surface area contributed by atoms with Gasteiger partial charge in [-0.05, 0) is 66.4 Å². The molecule has 0 bridgehead atoms. The quantitative estimate of drug-likeness (QED) is 0.217. The van der Waals surface area contributed by atoms with Crippen molar-refractivity contribution in [2.45, 2.75) is 26.3 Å². The molecule has 2 amide bonds. The van der Waals surface area contributed by atoms with E-state index in [4.69, 9.17) is 9.47 Å². The normalized spacial score (nSPS) is 10.6. The Morgan fingerprint density at radius 1 is 0.773 bits per heavy atom. The lowest BCUT2D eigenvalue weighted by Gasteiger charge is -2.24. The van der Waals surface area contributed by atoms with Gasteiger partial charge in [-0.25, -0.2) is 0 Å². The number of aromatic nitrogens is 1. The number of carboxylic acids is 1. The SMILES string of the molecule is COc1ccc(CCN(CCC(=O)O)C(=O)c2ccccc2-c2ccccc2C(=O)N(C)Cc2cccc(C)n2)cc1OC. The van der Waals surface area contributed by atoms with E-state index in [1.54, 1.807) is 61.4 Å². The number of hydrogen-bond acceptors (Lipinski definition) is 6. The molecule has 0 aliphatic rings. The fraction of sp³-hybridized carbons (Fsp3) is 0.257. The molecule has 44 heavy (non-hydrogen) atoms. The molecule has 9 heteroatoms. The standard InChI is InChI=1S/C35H37N3O6/c1-24-10-9-11-26(36-24)23-37(2)34(41)29-14-7-5-12-27(29)28-13-6-8-15-30(28)35(42)38(21-19-33(39)40)20-18-25-16-17-31(43-3)32(22-25)44-4/h5-17,22H,18-21,23H2,1-4H3,(H,39,40). The van der Waals surface area contributed by atoms with E-state index in [-0.39, 0.29) is 31.3 Å². The molecule has 3 aromatic carbocycles. The smallest absolute Gasteiger partial charge is 0.305 e. The Balaban J connectivity index is 1.63. The third-order valence-corrected chi connectivity index (χ3v) is 7.30. The molecule has 9 nitrogen and oxygen atoms in total. The van der Waals surface area contributed by atoms with Crippen LogP contribution in [-0.4, -0.2) is 72.0 Å². The Bertz CT molecular complexity index is 1640. The van der Waals surface area contributed by atoms with Crippen molar-refractivity contribution < 1.29 is 29.0 Å². The zero-order valence-electron chi connectivity index (χ0n) is 25.4. The first kappa shape index (κ1) is 31.7. The number of carbonyl (C=O) groups excluding carboxylic acids is 2. The van der Waals surface area contributed by atoms with Gasteiger partial charge in [0, 0.05) is 37.0 Å². The van der Waals surface area contributed by atoms with Crippen LogP contribution in [0.15, 0.2) is 84.9 Å². The number of nitrogens with zero attached hydrogens (tertiary/aromatic N) is 3. The second kappa shape index (κ2) is 14.8. The molecule has 1 aromatic heterocycles. The minimum atomic E-state index is -0.996. The summed E-state index contributed by atoms with van der Waals surface area (Å²) in [6, 6.07) is 25.5. The molecule has 228 valence electrons. The summed E-state index contributed by atoms with van der Waals surface area (Å²) in [5, 5.41) is 9.41. The summed E-state index contributed by atoms with van der Waals surface area (Å²) in [7, 11) is 4.84. The van der Waals surface area contributed by atoms with Gasteiger partial charge in [0.05, 0.1) is 32.9 Å². The summed E-state index contributed by atoms with van der Waals surface area (Å²) >= 11 is 0. The predicted octanol–water partition coefficient (Wildman–Crippen LogP) is 5.51. The number of methoxy groups -OCH3 is 2. The number of benzene rings is 3. The second-order valence-electron chi connectivity index (χ2n) is 10.4. The van der Waals surface area contributed by atoms with Gasteiger partial charge in [0.1, 0.15) is 0 Å². The van der Waals surface area contributed by atoms with Gasteiger partial charge in [0.15, 0.2) is 11.5 Å². The molecule has 0 aliphatic carbocycles. The van der Waals surface area contributed by atoms with Crippen LogP contribution in [0.25, 0.3) is 11.1 Å². The third kappa shape index (κ3) is 7.80. The van der Waals surface area contributed by atoms with Crippen molar-refractivity contribution in [2.24, 2.45) is 0 Å². The van der Waals surface area contributed by atoms with E-state index in [1.165, 1.54) is 0 Å². The summed E-state index contributed by atoms with van der Waals surface area (Å²) in [6.45, 7) is 2.54. The lowest BCUT2D eigenvalue weighted by Crippen LogP contribution is -2.35. The van der Waals surface area contributed by atoms with E-state index >= 15 is 0 Å². The van der Waals surface area contributed by atoms with Crippen molar-refractivity contribution in [2.75, 3.05) is 34.4 Å². The number of aryl methyl sites for hydroxylation is 1. The molecule has 0 saturated heterocycles. The van der Waals surface area contributed by atoms with Crippen LogP contribution >= 0.6 is 0 Å². The van der Waals surface area contributed by atoms with Crippen LogP contribution in [0.1, 0.15) is 44.1 Å². The Morgan fingerprint density at radius 2 is 1.41 bits per heavy atom. The molecule has 0 aliphatic heterocycles. The molecule has 0 spiro atoms. The van der Waals surface area contributed by atoms with E-state index in [2.05, 4.69) is 4.98 Å². The average molecular weight is 596 g/mol. The van der Waals surface area contributed by atoms with Crippen molar-refractivity contribution in [3.63, 3.8) is 0 Å². The van der Waals surface area contributed by atoms with Crippen LogP contribution in [0.2, 0.25) is 0 Å². The summed E-state index contributed by atoms with van der Waals surface area (Å²) in [5.41, 5.74) is 4.59. The highest BCUT2D eigenvalue weighted by Crippen LogP contribution is 2.30. The fourth-order valence-electron chi connectivity index (χ4n) is 5.03. The zero-order chi connectivity index (χ0) is 31.6. The summed E-state index contributed by atoms with van der Waals surface area (Å²) in [6.07, 6.45) is 0.271. The Kier molecular flexibility index (Phi) is 10.7. The number of aliphatic carboxylic acids is 1. The monoisotopic (exact) mass is 595 g/mol. The first-order valence-electron chi connectivity index (χ1n) is 14.3. The van der Waals surface area contributed by atoms with Crippen LogP contribution in [-0.2, 0) is 17.8 Å². The minimum absolute atomic E-state index is 0.0304. The molecule has 0 unspecified atom stereocenters. The second-order valence-corrected chi connectivity index (χ2v) is 10.4. The Morgan fingerprint density at radius 3 is 2.02 bits per heavy atom. The van der Waals surface area contributed by atoms with Gasteiger partial charge in [0.2, 0.25) is 0 Å². The lowest BCUT2D eigenvalue weighted by molar-refractivity contribution is -0.137. The maximum atomic E-state index is 14.1. The summed E-state index contributed by atoms with van der Waals surface area (Å²) in [5.74, 6) is -0.352.